The molecular formula is C36H40ClN3O4S. The van der Waals surface area contributed by atoms with Crippen molar-refractivity contribution < 1.29 is 18.0 Å². The van der Waals surface area contributed by atoms with Crippen molar-refractivity contribution in [1.29, 1.82) is 0 Å². The normalized spacial score (nSPS) is 11.9. The number of anilines is 1. The van der Waals surface area contributed by atoms with Gasteiger partial charge in [-0.1, -0.05) is 104 Å². The largest absolute Gasteiger partial charge is 0.354 e. The Bertz CT molecular complexity index is 1700. The van der Waals surface area contributed by atoms with Gasteiger partial charge in [-0.25, -0.2) is 8.42 Å². The minimum Gasteiger partial charge on any atom is -0.354 e. The number of aryl methyl sites for hydroxylation is 2. The van der Waals surface area contributed by atoms with E-state index in [0.717, 1.165) is 33.8 Å². The second-order valence-electron chi connectivity index (χ2n) is 11.1. The summed E-state index contributed by atoms with van der Waals surface area (Å²) < 4.78 is 29.4. The van der Waals surface area contributed by atoms with Crippen LogP contribution in [0, 0.1) is 13.8 Å². The number of benzene rings is 4. The maximum absolute atomic E-state index is 14.6. The fraction of sp³-hybridized carbons (Fsp3) is 0.278. The summed E-state index contributed by atoms with van der Waals surface area (Å²) in [4.78, 5) is 30.0. The molecule has 4 rings (SSSR count). The molecule has 2 amide bonds. The average Bonchev–Trinajstić information content (AvgIpc) is 3.04. The summed E-state index contributed by atoms with van der Waals surface area (Å²) in [6.45, 7) is 5.83. The molecule has 4 aromatic carbocycles. The van der Waals surface area contributed by atoms with E-state index in [1.54, 1.807) is 43.3 Å². The van der Waals surface area contributed by atoms with Crippen molar-refractivity contribution in [3.63, 3.8) is 0 Å². The zero-order valence-electron chi connectivity index (χ0n) is 25.9. The maximum atomic E-state index is 14.6. The van der Waals surface area contributed by atoms with Crippen LogP contribution < -0.4 is 9.62 Å². The number of nitrogens with one attached hydrogen (secondary N) is 1. The number of amides is 2. The predicted octanol–water partition coefficient (Wildman–Crippen LogP) is 6.71. The molecule has 0 saturated heterocycles. The fourth-order valence-electron chi connectivity index (χ4n) is 5.12. The van der Waals surface area contributed by atoms with Crippen LogP contribution in [0.1, 0.15) is 42.0 Å². The van der Waals surface area contributed by atoms with Crippen LogP contribution in [-0.4, -0.2) is 44.3 Å². The highest BCUT2D eigenvalue weighted by Gasteiger charge is 2.35. The van der Waals surface area contributed by atoms with Gasteiger partial charge in [-0.2, -0.15) is 0 Å². The highest BCUT2D eigenvalue weighted by Crippen LogP contribution is 2.30. The monoisotopic (exact) mass is 645 g/mol. The summed E-state index contributed by atoms with van der Waals surface area (Å²) in [6.07, 6.45) is 1.96. The van der Waals surface area contributed by atoms with Gasteiger partial charge in [0, 0.05) is 24.5 Å². The molecule has 0 fully saturated rings. The summed E-state index contributed by atoms with van der Waals surface area (Å²) in [5.41, 5.74) is 3.63. The van der Waals surface area contributed by atoms with Gasteiger partial charge in [0.25, 0.3) is 10.0 Å². The summed E-state index contributed by atoms with van der Waals surface area (Å²) in [6, 6.07) is 29.3. The summed E-state index contributed by atoms with van der Waals surface area (Å²) in [5, 5.41) is 3.35. The molecule has 7 nitrogen and oxygen atoms in total. The van der Waals surface area contributed by atoms with Crippen LogP contribution in [0.2, 0.25) is 5.02 Å². The maximum Gasteiger partial charge on any atom is 0.264 e. The SMILES string of the molecule is CCCCNC(=O)C(Cc1ccccc1)N(Cc1ccccc1C)C(=O)CN(c1cc(Cl)ccc1C)S(=O)(=O)c1ccccc1. The number of sulfonamides is 1. The topological polar surface area (TPSA) is 86.8 Å². The zero-order valence-corrected chi connectivity index (χ0v) is 27.5. The van der Waals surface area contributed by atoms with E-state index in [0.29, 0.717) is 22.8 Å². The standard InChI is InChI=1S/C36H40ClN3O4S/c1-4-5-22-38-36(42)34(23-29-15-8-6-9-16-29)39(25-30-17-13-12-14-27(30)2)35(41)26-40(33-24-31(37)21-20-28(33)3)45(43,44)32-18-10-7-11-19-32/h6-21,24,34H,4-5,22-23,25-26H2,1-3H3,(H,38,42). The molecule has 1 N–H and O–H groups in total. The van der Waals surface area contributed by atoms with Crippen molar-refractivity contribution in [1.82, 2.24) is 10.2 Å². The Labute approximate surface area is 271 Å². The first kappa shape index (κ1) is 33.7. The van der Waals surface area contributed by atoms with Gasteiger partial charge in [-0.3, -0.25) is 13.9 Å². The molecule has 0 saturated carbocycles. The number of halogens is 1. The van der Waals surface area contributed by atoms with Crippen LogP contribution in [0.3, 0.4) is 0 Å². The quantitative estimate of drug-likeness (QED) is 0.155. The van der Waals surface area contributed by atoms with Crippen molar-refractivity contribution in [3.05, 3.63) is 130 Å². The Balaban J connectivity index is 1.82. The molecule has 0 bridgehead atoms. The van der Waals surface area contributed by atoms with E-state index >= 15 is 0 Å². The van der Waals surface area contributed by atoms with E-state index < -0.39 is 28.5 Å². The molecule has 236 valence electrons. The highest BCUT2D eigenvalue weighted by molar-refractivity contribution is 7.92. The lowest BCUT2D eigenvalue weighted by Crippen LogP contribution is -2.53. The lowest BCUT2D eigenvalue weighted by molar-refractivity contribution is -0.140. The first-order valence-corrected chi connectivity index (χ1v) is 16.9. The smallest absolute Gasteiger partial charge is 0.264 e. The first-order valence-electron chi connectivity index (χ1n) is 15.1. The van der Waals surface area contributed by atoms with Gasteiger partial charge in [-0.05, 0) is 66.8 Å². The van der Waals surface area contributed by atoms with Gasteiger partial charge in [0.15, 0.2) is 0 Å². The lowest BCUT2D eigenvalue weighted by atomic mass is 10.0. The second kappa shape index (κ2) is 15.7. The third-order valence-corrected chi connectivity index (χ3v) is 9.76. The number of carbonyl (C=O) groups excluding carboxylic acids is 2. The van der Waals surface area contributed by atoms with Crippen LogP contribution in [-0.2, 0) is 32.6 Å². The number of carbonyl (C=O) groups is 2. The van der Waals surface area contributed by atoms with Crippen LogP contribution in [0.4, 0.5) is 5.69 Å². The van der Waals surface area contributed by atoms with Crippen molar-refractivity contribution in [2.24, 2.45) is 0 Å². The summed E-state index contributed by atoms with van der Waals surface area (Å²) in [5.74, 6) is -0.797. The molecule has 0 heterocycles. The van der Waals surface area contributed by atoms with Crippen molar-refractivity contribution in [2.45, 2.75) is 57.5 Å². The molecule has 0 aromatic heterocycles. The van der Waals surface area contributed by atoms with Gasteiger partial charge in [0.1, 0.15) is 12.6 Å². The molecule has 4 aromatic rings. The molecule has 0 spiro atoms. The zero-order chi connectivity index (χ0) is 32.4. The highest BCUT2D eigenvalue weighted by atomic mass is 35.5. The molecule has 0 radical (unpaired) electrons. The third-order valence-electron chi connectivity index (χ3n) is 7.75. The van der Waals surface area contributed by atoms with Crippen LogP contribution in [0.25, 0.3) is 0 Å². The van der Waals surface area contributed by atoms with Crippen LogP contribution >= 0.6 is 11.6 Å². The number of unbranched alkanes of at least 4 members (excludes halogenated alkanes) is 1. The minimum atomic E-state index is -4.20. The number of rotatable bonds is 14. The van der Waals surface area contributed by atoms with E-state index in [1.165, 1.54) is 17.0 Å². The predicted molar refractivity (Wildman–Crippen MR) is 181 cm³/mol. The Morgan fingerprint density at radius 2 is 1.49 bits per heavy atom. The molecule has 9 heteroatoms. The Morgan fingerprint density at radius 3 is 2.16 bits per heavy atom. The van der Waals surface area contributed by atoms with Gasteiger partial charge in [-0.15, -0.1) is 0 Å². The number of hydrogen-bond donors (Lipinski definition) is 1. The van der Waals surface area contributed by atoms with Crippen LogP contribution in [0.5, 0.6) is 0 Å². The molecule has 0 aliphatic carbocycles. The Kier molecular flexibility index (Phi) is 11.8. The lowest BCUT2D eigenvalue weighted by Gasteiger charge is -2.34. The number of nitrogens with zero attached hydrogens (tertiary/aromatic N) is 2. The average molecular weight is 646 g/mol. The Hall–Kier alpha value is -4.14. The first-order chi connectivity index (χ1) is 21.6. The molecule has 1 unspecified atom stereocenters. The second-order valence-corrected chi connectivity index (χ2v) is 13.4. The molecular weight excluding hydrogens is 606 g/mol. The number of hydrogen-bond acceptors (Lipinski definition) is 4. The summed E-state index contributed by atoms with van der Waals surface area (Å²) >= 11 is 6.35. The van der Waals surface area contributed by atoms with E-state index in [1.807, 2.05) is 68.4 Å². The van der Waals surface area contributed by atoms with Crippen molar-refractivity contribution >= 4 is 39.1 Å². The van der Waals surface area contributed by atoms with E-state index in [2.05, 4.69) is 5.32 Å². The molecule has 0 aliphatic heterocycles. The van der Waals surface area contributed by atoms with Gasteiger partial charge in [0.2, 0.25) is 11.8 Å². The van der Waals surface area contributed by atoms with Gasteiger partial charge in [0.05, 0.1) is 10.6 Å². The molecule has 45 heavy (non-hydrogen) atoms. The van der Waals surface area contributed by atoms with E-state index in [9.17, 15) is 18.0 Å². The fourth-order valence-corrected chi connectivity index (χ4v) is 6.77. The molecule has 0 aliphatic rings. The molecule has 1 atom stereocenters. The van der Waals surface area contributed by atoms with E-state index in [4.69, 9.17) is 11.6 Å². The van der Waals surface area contributed by atoms with Gasteiger partial charge < -0.3 is 10.2 Å². The minimum absolute atomic E-state index is 0.0424. The van der Waals surface area contributed by atoms with Gasteiger partial charge >= 0.3 is 0 Å². The third kappa shape index (κ3) is 8.74. The van der Waals surface area contributed by atoms with E-state index in [-0.39, 0.29) is 23.8 Å². The van der Waals surface area contributed by atoms with Crippen molar-refractivity contribution in [3.8, 4) is 0 Å². The summed E-state index contributed by atoms with van der Waals surface area (Å²) in [7, 11) is -4.20. The Morgan fingerprint density at radius 1 is 0.844 bits per heavy atom. The van der Waals surface area contributed by atoms with Crippen molar-refractivity contribution in [2.75, 3.05) is 17.4 Å². The van der Waals surface area contributed by atoms with Crippen LogP contribution in [0.15, 0.2) is 108 Å².